The van der Waals surface area contributed by atoms with Gasteiger partial charge in [0.2, 0.25) is 0 Å². The summed E-state index contributed by atoms with van der Waals surface area (Å²) in [6.07, 6.45) is 4.00. The normalized spacial score (nSPS) is 21.8. The van der Waals surface area contributed by atoms with E-state index in [1.165, 1.54) is 17.5 Å². The van der Waals surface area contributed by atoms with Gasteiger partial charge in [0.1, 0.15) is 17.4 Å². The Bertz CT molecular complexity index is 1150. The van der Waals surface area contributed by atoms with Gasteiger partial charge in [0.15, 0.2) is 11.5 Å². The van der Waals surface area contributed by atoms with Crippen LogP contribution in [0.4, 0.5) is 5.82 Å². The molecule has 3 aromatic rings. The van der Waals surface area contributed by atoms with Crippen molar-refractivity contribution in [1.82, 2.24) is 15.3 Å². The molecule has 0 spiro atoms. The van der Waals surface area contributed by atoms with Gasteiger partial charge in [-0.15, -0.1) is 0 Å². The van der Waals surface area contributed by atoms with Gasteiger partial charge in [0, 0.05) is 29.8 Å². The van der Waals surface area contributed by atoms with E-state index in [1.807, 2.05) is 12.1 Å². The number of nitrogen functional groups attached to an aromatic ring is 1. The molecule has 2 aromatic carbocycles. The van der Waals surface area contributed by atoms with Crippen LogP contribution >= 0.6 is 0 Å². The van der Waals surface area contributed by atoms with Crippen LogP contribution in [-0.4, -0.2) is 43.9 Å². The van der Waals surface area contributed by atoms with Crippen molar-refractivity contribution in [3.05, 3.63) is 47.3 Å². The van der Waals surface area contributed by atoms with Gasteiger partial charge in [-0.1, -0.05) is 12.1 Å². The molecule has 1 aromatic heterocycles. The summed E-state index contributed by atoms with van der Waals surface area (Å²) < 4.78 is 16.5. The maximum Gasteiger partial charge on any atom is 0.162 e. The zero-order chi connectivity index (χ0) is 22.2. The summed E-state index contributed by atoms with van der Waals surface area (Å²) in [5.41, 5.74) is 9.86. The van der Waals surface area contributed by atoms with Crippen molar-refractivity contribution in [1.29, 1.82) is 0 Å². The first kappa shape index (κ1) is 20.8. The monoisotopic (exact) mass is 434 g/mol. The number of nitrogens with one attached hydrogen (secondary N) is 1. The molecule has 2 heterocycles. The zero-order valence-electron chi connectivity index (χ0n) is 18.9. The molecule has 1 aliphatic carbocycles. The quantitative estimate of drug-likeness (QED) is 0.614. The number of methoxy groups -OCH3 is 3. The van der Waals surface area contributed by atoms with Crippen LogP contribution in [0.15, 0.2) is 30.3 Å². The Balaban J connectivity index is 1.40. The number of benzene rings is 2. The second kappa shape index (κ2) is 8.47. The second-order valence-corrected chi connectivity index (χ2v) is 8.66. The van der Waals surface area contributed by atoms with Crippen LogP contribution in [0, 0.1) is 5.92 Å². The van der Waals surface area contributed by atoms with Crippen LogP contribution in [-0.2, 0) is 12.8 Å². The minimum atomic E-state index is 0.386. The summed E-state index contributed by atoms with van der Waals surface area (Å²) in [5, 5.41) is 4.54. The average molecular weight is 435 g/mol. The number of aromatic nitrogens is 2. The molecule has 7 heteroatoms. The van der Waals surface area contributed by atoms with E-state index in [0.717, 1.165) is 48.3 Å². The molecule has 3 N–H and O–H groups in total. The van der Waals surface area contributed by atoms with Gasteiger partial charge in [0.25, 0.3) is 0 Å². The Labute approximate surface area is 188 Å². The molecule has 32 heavy (non-hydrogen) atoms. The third kappa shape index (κ3) is 3.50. The maximum atomic E-state index is 6.28. The van der Waals surface area contributed by atoms with Crippen molar-refractivity contribution in [3.8, 4) is 17.2 Å². The van der Waals surface area contributed by atoms with Crippen LogP contribution in [0.2, 0.25) is 0 Å². The predicted octanol–water partition coefficient (Wildman–Crippen LogP) is 3.49. The molecule has 3 unspecified atom stereocenters. The van der Waals surface area contributed by atoms with Gasteiger partial charge in [-0.3, -0.25) is 0 Å². The fourth-order valence-corrected chi connectivity index (χ4v) is 5.53. The largest absolute Gasteiger partial charge is 0.496 e. The molecule has 0 radical (unpaired) electrons. The van der Waals surface area contributed by atoms with Gasteiger partial charge in [-0.2, -0.15) is 0 Å². The average Bonchev–Trinajstić information content (AvgIpc) is 3.25. The van der Waals surface area contributed by atoms with Crippen molar-refractivity contribution in [2.75, 3.05) is 33.6 Å². The Morgan fingerprint density at radius 3 is 2.59 bits per heavy atom. The van der Waals surface area contributed by atoms with E-state index in [2.05, 4.69) is 28.5 Å². The molecule has 1 aliphatic heterocycles. The number of hydrogen-bond acceptors (Lipinski definition) is 7. The molecule has 0 saturated carbocycles. The number of fused-ring (bicyclic) bond motifs is 4. The van der Waals surface area contributed by atoms with Crippen molar-refractivity contribution >= 4 is 16.7 Å². The van der Waals surface area contributed by atoms with Crippen molar-refractivity contribution in [2.45, 2.75) is 37.6 Å². The van der Waals surface area contributed by atoms with Crippen LogP contribution in [0.3, 0.4) is 0 Å². The summed E-state index contributed by atoms with van der Waals surface area (Å²) in [6, 6.07) is 10.6. The summed E-state index contributed by atoms with van der Waals surface area (Å²) in [6.45, 7) is 1.06. The number of nitrogens with zero attached hydrogens (tertiary/aromatic N) is 2. The highest BCUT2D eigenvalue weighted by molar-refractivity contribution is 5.90. The second-order valence-electron chi connectivity index (χ2n) is 8.66. The van der Waals surface area contributed by atoms with Crippen LogP contribution in [0.1, 0.15) is 35.7 Å². The number of hydrogen-bond donors (Lipinski definition) is 2. The van der Waals surface area contributed by atoms with E-state index in [0.29, 0.717) is 35.2 Å². The highest BCUT2D eigenvalue weighted by Crippen LogP contribution is 2.45. The van der Waals surface area contributed by atoms with E-state index in [9.17, 15) is 0 Å². The molecule has 0 amide bonds. The lowest BCUT2D eigenvalue weighted by atomic mass is 9.73. The van der Waals surface area contributed by atoms with E-state index >= 15 is 0 Å². The maximum absolute atomic E-state index is 6.28. The summed E-state index contributed by atoms with van der Waals surface area (Å²) in [5.74, 6) is 4.66. The van der Waals surface area contributed by atoms with Crippen LogP contribution in [0.25, 0.3) is 10.9 Å². The van der Waals surface area contributed by atoms with Gasteiger partial charge in [-0.05, 0) is 55.0 Å². The van der Waals surface area contributed by atoms with E-state index in [4.69, 9.17) is 24.9 Å². The third-order valence-corrected chi connectivity index (χ3v) is 7.05. The lowest BCUT2D eigenvalue weighted by Gasteiger charge is -2.32. The molecule has 3 atom stereocenters. The highest BCUT2D eigenvalue weighted by Gasteiger charge is 2.40. The standard InChI is InChI=1S/C25H30N4O3/c1-30-20-6-4-5-16-15(20)8-7-14-13-27-18(24(14)16)9-10-23-28-19-12-22(32-3)21(31-2)11-17(19)25(26)29-23/h4-6,11-12,14,18,24,27H,7-10,13H2,1-3H3,(H2,26,28,29). The Morgan fingerprint density at radius 1 is 1.03 bits per heavy atom. The topological polar surface area (TPSA) is 91.5 Å². The van der Waals surface area contributed by atoms with Gasteiger partial charge >= 0.3 is 0 Å². The van der Waals surface area contributed by atoms with Gasteiger partial charge < -0.3 is 25.3 Å². The molecular formula is C25H30N4O3. The molecular weight excluding hydrogens is 404 g/mol. The van der Waals surface area contributed by atoms with Gasteiger partial charge in [-0.25, -0.2) is 9.97 Å². The molecule has 2 aliphatic rings. The summed E-state index contributed by atoms with van der Waals surface area (Å²) >= 11 is 0. The van der Waals surface area contributed by atoms with E-state index in [1.54, 1.807) is 21.3 Å². The van der Waals surface area contributed by atoms with Crippen LogP contribution in [0.5, 0.6) is 17.2 Å². The molecule has 1 fully saturated rings. The Kier molecular flexibility index (Phi) is 5.51. The summed E-state index contributed by atoms with van der Waals surface area (Å²) in [7, 11) is 4.99. The minimum absolute atomic E-state index is 0.386. The predicted molar refractivity (Wildman–Crippen MR) is 125 cm³/mol. The number of anilines is 1. The van der Waals surface area contributed by atoms with Crippen LogP contribution < -0.4 is 25.3 Å². The molecule has 1 saturated heterocycles. The minimum Gasteiger partial charge on any atom is -0.496 e. The smallest absolute Gasteiger partial charge is 0.162 e. The number of rotatable bonds is 6. The van der Waals surface area contributed by atoms with E-state index < -0.39 is 0 Å². The summed E-state index contributed by atoms with van der Waals surface area (Å²) in [4.78, 5) is 9.37. The molecule has 5 rings (SSSR count). The SMILES string of the molecule is COc1cc2nc(CCC3NCC4CCc5c(OC)cccc5C43)nc(N)c2cc1OC. The lowest BCUT2D eigenvalue weighted by molar-refractivity contribution is 0.355. The van der Waals surface area contributed by atoms with Crippen molar-refractivity contribution in [3.63, 3.8) is 0 Å². The van der Waals surface area contributed by atoms with Gasteiger partial charge in [0.05, 0.1) is 26.8 Å². The van der Waals surface area contributed by atoms with Crippen molar-refractivity contribution in [2.24, 2.45) is 5.92 Å². The molecule has 168 valence electrons. The first-order chi connectivity index (χ1) is 15.6. The first-order valence-electron chi connectivity index (χ1n) is 11.2. The van der Waals surface area contributed by atoms with E-state index in [-0.39, 0.29) is 0 Å². The Hall–Kier alpha value is -3.06. The Morgan fingerprint density at radius 2 is 1.81 bits per heavy atom. The zero-order valence-corrected chi connectivity index (χ0v) is 18.9. The fraction of sp³-hybridized carbons (Fsp3) is 0.440. The number of nitrogens with two attached hydrogens (primary N) is 1. The van der Waals surface area contributed by atoms with Crippen molar-refractivity contribution < 1.29 is 14.2 Å². The number of ether oxygens (including phenoxy) is 3. The first-order valence-corrected chi connectivity index (χ1v) is 11.2. The highest BCUT2D eigenvalue weighted by atomic mass is 16.5. The number of aryl methyl sites for hydroxylation is 1. The fourth-order valence-electron chi connectivity index (χ4n) is 5.53. The third-order valence-electron chi connectivity index (χ3n) is 7.05. The molecule has 0 bridgehead atoms. The molecule has 7 nitrogen and oxygen atoms in total. The lowest BCUT2D eigenvalue weighted by Crippen LogP contribution is -2.29.